The lowest BCUT2D eigenvalue weighted by atomic mass is 10.1. The second-order valence-electron chi connectivity index (χ2n) is 4.61. The van der Waals surface area contributed by atoms with E-state index in [0.717, 1.165) is 12.1 Å². The molecule has 0 aliphatic heterocycles. The van der Waals surface area contributed by atoms with Crippen LogP contribution in [0.25, 0.3) is 0 Å². The van der Waals surface area contributed by atoms with E-state index in [1.54, 1.807) is 13.2 Å². The lowest BCUT2D eigenvalue weighted by Gasteiger charge is -2.16. The Morgan fingerprint density at radius 1 is 1.35 bits per heavy atom. The van der Waals surface area contributed by atoms with Crippen LogP contribution in [0.5, 0.6) is 0 Å². The largest absolute Gasteiger partial charge is 0.416 e. The van der Waals surface area contributed by atoms with Gasteiger partial charge in [-0.2, -0.15) is 13.2 Å². The number of alkyl halides is 3. The van der Waals surface area contributed by atoms with Gasteiger partial charge in [-0.05, 0) is 24.6 Å². The van der Waals surface area contributed by atoms with Crippen molar-refractivity contribution >= 4 is 10.8 Å². The van der Waals surface area contributed by atoms with Gasteiger partial charge in [-0.3, -0.25) is 4.21 Å². The molecule has 0 saturated carbocycles. The van der Waals surface area contributed by atoms with Gasteiger partial charge in [0.1, 0.15) is 0 Å². The molecular formula is C13H18F3NO2S. The third-order valence-electron chi connectivity index (χ3n) is 2.93. The molecule has 7 heteroatoms. The van der Waals surface area contributed by atoms with Crippen molar-refractivity contribution in [2.45, 2.75) is 24.5 Å². The van der Waals surface area contributed by atoms with Crippen LogP contribution in [0, 0.1) is 0 Å². The maximum Gasteiger partial charge on any atom is 0.416 e. The second-order valence-corrected chi connectivity index (χ2v) is 6.41. The van der Waals surface area contributed by atoms with Crippen molar-refractivity contribution in [3.05, 3.63) is 35.4 Å². The van der Waals surface area contributed by atoms with Crippen LogP contribution < -0.4 is 5.32 Å². The first kappa shape index (κ1) is 17.1. The van der Waals surface area contributed by atoms with Crippen LogP contribution in [0.3, 0.4) is 0 Å². The van der Waals surface area contributed by atoms with Crippen LogP contribution in [0.1, 0.15) is 24.2 Å². The molecule has 0 saturated heterocycles. The molecule has 1 aromatic rings. The first-order valence-corrected chi connectivity index (χ1v) is 7.72. The zero-order chi connectivity index (χ0) is 15.3. The number of nitrogens with one attached hydrogen (secondary N) is 1. The fraction of sp³-hybridized carbons (Fsp3) is 0.538. The normalized spacial score (nSPS) is 16.7. The van der Waals surface area contributed by atoms with Crippen LogP contribution in [0.15, 0.2) is 24.3 Å². The highest BCUT2D eigenvalue weighted by Crippen LogP contribution is 2.30. The summed E-state index contributed by atoms with van der Waals surface area (Å²) in [5, 5.41) is 12.7. The minimum atomic E-state index is -4.42. The number of benzene rings is 1. The molecule has 3 unspecified atom stereocenters. The Bertz CT molecular complexity index is 465. The molecule has 2 N–H and O–H groups in total. The van der Waals surface area contributed by atoms with Crippen LogP contribution >= 0.6 is 0 Å². The summed E-state index contributed by atoms with van der Waals surface area (Å²) in [4.78, 5) is 0. The quantitative estimate of drug-likeness (QED) is 0.846. The maximum absolute atomic E-state index is 12.5. The van der Waals surface area contributed by atoms with Crippen molar-refractivity contribution in [1.29, 1.82) is 0 Å². The highest BCUT2D eigenvalue weighted by Gasteiger charge is 2.30. The molecule has 0 spiro atoms. The molecule has 0 aliphatic rings. The van der Waals surface area contributed by atoms with Gasteiger partial charge in [0.15, 0.2) is 0 Å². The van der Waals surface area contributed by atoms with E-state index in [1.165, 1.54) is 12.1 Å². The summed E-state index contributed by atoms with van der Waals surface area (Å²) >= 11 is 0. The fourth-order valence-electron chi connectivity index (χ4n) is 1.58. The van der Waals surface area contributed by atoms with Gasteiger partial charge in [0.25, 0.3) is 0 Å². The van der Waals surface area contributed by atoms with Crippen LogP contribution in [-0.4, -0.2) is 33.9 Å². The van der Waals surface area contributed by atoms with Crippen LogP contribution in [0.2, 0.25) is 0 Å². The minimum Gasteiger partial charge on any atom is -0.387 e. The van der Waals surface area contributed by atoms with Crippen molar-refractivity contribution in [2.75, 3.05) is 19.3 Å². The van der Waals surface area contributed by atoms with Crippen molar-refractivity contribution < 1.29 is 22.5 Å². The average molecular weight is 309 g/mol. The van der Waals surface area contributed by atoms with E-state index < -0.39 is 28.6 Å². The van der Waals surface area contributed by atoms with E-state index in [-0.39, 0.29) is 17.4 Å². The lowest BCUT2D eigenvalue weighted by molar-refractivity contribution is -0.137. The monoisotopic (exact) mass is 309 g/mol. The highest BCUT2D eigenvalue weighted by atomic mass is 32.2. The summed E-state index contributed by atoms with van der Waals surface area (Å²) in [6, 6.07) is 4.62. The van der Waals surface area contributed by atoms with E-state index in [9.17, 15) is 22.5 Å². The molecule has 20 heavy (non-hydrogen) atoms. The third-order valence-corrected chi connectivity index (χ3v) is 4.23. The van der Waals surface area contributed by atoms with E-state index in [0.29, 0.717) is 6.54 Å². The Hall–Kier alpha value is -0.920. The molecule has 114 valence electrons. The zero-order valence-corrected chi connectivity index (χ0v) is 12.1. The third kappa shape index (κ3) is 5.22. The summed E-state index contributed by atoms with van der Waals surface area (Å²) in [5.74, 6) is 0. The number of aliphatic hydroxyl groups excluding tert-OH is 1. The van der Waals surface area contributed by atoms with Gasteiger partial charge in [-0.25, -0.2) is 0 Å². The maximum atomic E-state index is 12.5. The van der Waals surface area contributed by atoms with E-state index in [1.807, 2.05) is 0 Å². The Labute approximate surface area is 118 Å². The van der Waals surface area contributed by atoms with Gasteiger partial charge >= 0.3 is 6.18 Å². The summed E-state index contributed by atoms with van der Waals surface area (Å²) in [7, 11) is -0.978. The molecule has 0 amide bonds. The van der Waals surface area contributed by atoms with Gasteiger partial charge in [0.05, 0.1) is 11.7 Å². The molecule has 3 nitrogen and oxygen atoms in total. The van der Waals surface area contributed by atoms with Crippen LogP contribution in [0.4, 0.5) is 13.2 Å². The van der Waals surface area contributed by atoms with Gasteiger partial charge in [-0.15, -0.1) is 0 Å². The molecule has 0 fully saturated rings. The van der Waals surface area contributed by atoms with Crippen LogP contribution in [-0.2, 0) is 17.0 Å². The molecule has 1 rings (SSSR count). The predicted molar refractivity (Wildman–Crippen MR) is 72.8 cm³/mol. The summed E-state index contributed by atoms with van der Waals surface area (Å²) in [6.45, 7) is 2.34. The fourth-order valence-corrected chi connectivity index (χ4v) is 1.93. The van der Waals surface area contributed by atoms with Crippen molar-refractivity contribution in [3.63, 3.8) is 0 Å². The molecule has 3 atom stereocenters. The molecule has 1 aromatic carbocycles. The number of halogens is 3. The number of hydrogen-bond acceptors (Lipinski definition) is 3. The van der Waals surface area contributed by atoms with Gasteiger partial charge in [0, 0.05) is 35.4 Å². The average Bonchev–Trinajstić information content (AvgIpc) is 2.37. The van der Waals surface area contributed by atoms with Crippen molar-refractivity contribution in [1.82, 2.24) is 5.32 Å². The van der Waals surface area contributed by atoms with E-state index >= 15 is 0 Å². The van der Waals surface area contributed by atoms with Crippen molar-refractivity contribution in [2.24, 2.45) is 0 Å². The Balaban J connectivity index is 2.60. The zero-order valence-electron chi connectivity index (χ0n) is 11.3. The van der Waals surface area contributed by atoms with Gasteiger partial charge in [0.2, 0.25) is 0 Å². The molecule has 0 radical (unpaired) electrons. The number of rotatable bonds is 6. The topological polar surface area (TPSA) is 49.3 Å². The van der Waals surface area contributed by atoms with E-state index in [4.69, 9.17) is 0 Å². The number of hydrogen-bond donors (Lipinski definition) is 2. The first-order chi connectivity index (χ1) is 9.21. The number of aliphatic hydroxyl groups is 1. The summed E-state index contributed by atoms with van der Waals surface area (Å²) in [5.41, 5.74) is -0.574. The standard InChI is InChI=1S/C13H18F3NO2S/c1-9(20(2)19)7-17-8-12(18)10-4-3-5-11(6-10)13(14,15)16/h3-6,9,12,17-18H,7-8H2,1-2H3. The predicted octanol–water partition coefficient (Wildman–Crippen LogP) is 2.10. The summed E-state index contributed by atoms with van der Waals surface area (Å²) < 4.78 is 48.8. The van der Waals surface area contributed by atoms with Crippen molar-refractivity contribution in [3.8, 4) is 0 Å². The van der Waals surface area contributed by atoms with Gasteiger partial charge in [-0.1, -0.05) is 12.1 Å². The molecule has 0 heterocycles. The molecule has 0 aromatic heterocycles. The highest BCUT2D eigenvalue weighted by molar-refractivity contribution is 7.84. The van der Waals surface area contributed by atoms with Gasteiger partial charge < -0.3 is 10.4 Å². The lowest BCUT2D eigenvalue weighted by Crippen LogP contribution is -2.30. The molecular weight excluding hydrogens is 291 g/mol. The SMILES string of the molecule is CC(CNCC(O)c1cccc(C(F)(F)F)c1)S(C)=O. The second kappa shape index (κ2) is 7.19. The summed E-state index contributed by atoms with van der Waals surface area (Å²) in [6.07, 6.45) is -3.87. The minimum absolute atomic E-state index is 0.0799. The smallest absolute Gasteiger partial charge is 0.387 e. The first-order valence-electron chi connectivity index (χ1n) is 6.10. The molecule has 0 bridgehead atoms. The van der Waals surface area contributed by atoms with E-state index in [2.05, 4.69) is 5.32 Å². The Morgan fingerprint density at radius 2 is 2.00 bits per heavy atom. The Morgan fingerprint density at radius 3 is 2.55 bits per heavy atom. The molecule has 0 aliphatic carbocycles. The Kier molecular flexibility index (Phi) is 6.16.